The normalized spacial score (nSPS) is 17.6. The van der Waals surface area contributed by atoms with Crippen LogP contribution in [0.5, 0.6) is 5.75 Å². The van der Waals surface area contributed by atoms with Gasteiger partial charge in [0.1, 0.15) is 0 Å². The van der Waals surface area contributed by atoms with Gasteiger partial charge >= 0.3 is 0 Å². The summed E-state index contributed by atoms with van der Waals surface area (Å²) in [7, 11) is 1.48. The van der Waals surface area contributed by atoms with Gasteiger partial charge in [-0.25, -0.2) is 4.39 Å². The second kappa shape index (κ2) is 3.76. The van der Waals surface area contributed by atoms with Crippen molar-refractivity contribution in [3.8, 4) is 5.75 Å². The summed E-state index contributed by atoms with van der Waals surface area (Å²) in [5, 5.41) is 0. The lowest BCUT2D eigenvalue weighted by Crippen LogP contribution is -2.24. The molecule has 2 N–H and O–H groups in total. The zero-order valence-corrected chi connectivity index (χ0v) is 10.1. The highest BCUT2D eigenvalue weighted by molar-refractivity contribution is 9.10. The lowest BCUT2D eigenvalue weighted by molar-refractivity contribution is 0.378. The van der Waals surface area contributed by atoms with E-state index in [0.717, 1.165) is 18.4 Å². The van der Waals surface area contributed by atoms with Crippen LogP contribution < -0.4 is 10.5 Å². The summed E-state index contributed by atoms with van der Waals surface area (Å²) >= 11 is 3.13. The van der Waals surface area contributed by atoms with Gasteiger partial charge in [0.05, 0.1) is 11.6 Å². The van der Waals surface area contributed by atoms with E-state index in [4.69, 9.17) is 10.5 Å². The second-order valence-electron chi connectivity index (χ2n) is 4.09. The maximum absolute atomic E-state index is 13.6. The molecule has 0 unspecified atom stereocenters. The van der Waals surface area contributed by atoms with E-state index in [1.54, 1.807) is 6.07 Å². The van der Waals surface area contributed by atoms with E-state index >= 15 is 0 Å². The third kappa shape index (κ3) is 2.16. The number of rotatable bonds is 3. The Morgan fingerprint density at radius 2 is 2.20 bits per heavy atom. The summed E-state index contributed by atoms with van der Waals surface area (Å²) in [6, 6.07) is 3.55. The van der Waals surface area contributed by atoms with Gasteiger partial charge in [0, 0.05) is 5.54 Å². The van der Waals surface area contributed by atoms with Crippen molar-refractivity contribution in [3.05, 3.63) is 28.0 Å². The number of halogens is 2. The average molecular weight is 274 g/mol. The van der Waals surface area contributed by atoms with Crippen LogP contribution in [0.4, 0.5) is 4.39 Å². The van der Waals surface area contributed by atoms with E-state index < -0.39 is 0 Å². The monoisotopic (exact) mass is 273 g/mol. The zero-order valence-electron chi connectivity index (χ0n) is 8.52. The fraction of sp³-hybridized carbons (Fsp3) is 0.455. The van der Waals surface area contributed by atoms with Gasteiger partial charge in [-0.15, -0.1) is 0 Å². The van der Waals surface area contributed by atoms with Crippen molar-refractivity contribution in [3.63, 3.8) is 0 Å². The molecule has 2 nitrogen and oxygen atoms in total. The number of benzene rings is 1. The van der Waals surface area contributed by atoms with Crippen molar-refractivity contribution in [2.75, 3.05) is 7.11 Å². The molecule has 0 saturated heterocycles. The van der Waals surface area contributed by atoms with Gasteiger partial charge in [-0.2, -0.15) is 0 Å². The highest BCUT2D eigenvalue weighted by Gasteiger charge is 2.39. The van der Waals surface area contributed by atoms with Crippen molar-refractivity contribution in [2.24, 2.45) is 5.73 Å². The molecule has 1 aromatic rings. The predicted molar refractivity (Wildman–Crippen MR) is 60.5 cm³/mol. The first-order valence-electron chi connectivity index (χ1n) is 4.85. The Morgan fingerprint density at radius 1 is 1.53 bits per heavy atom. The summed E-state index contributed by atoms with van der Waals surface area (Å²) in [4.78, 5) is 0. The first-order chi connectivity index (χ1) is 7.06. The van der Waals surface area contributed by atoms with Crippen LogP contribution >= 0.6 is 15.9 Å². The van der Waals surface area contributed by atoms with Crippen LogP contribution in [-0.2, 0) is 6.42 Å². The van der Waals surface area contributed by atoms with Crippen molar-refractivity contribution in [1.29, 1.82) is 0 Å². The Hall–Kier alpha value is -0.610. The number of hydrogen-bond acceptors (Lipinski definition) is 2. The van der Waals surface area contributed by atoms with E-state index in [9.17, 15) is 4.39 Å². The molecule has 0 radical (unpaired) electrons. The largest absolute Gasteiger partial charge is 0.493 e. The minimum atomic E-state index is -0.348. The first kappa shape index (κ1) is 10.9. The smallest absolute Gasteiger partial charge is 0.179 e. The van der Waals surface area contributed by atoms with E-state index in [-0.39, 0.29) is 11.4 Å². The Kier molecular flexibility index (Phi) is 2.73. The molecule has 0 heterocycles. The van der Waals surface area contributed by atoms with E-state index in [2.05, 4.69) is 15.9 Å². The highest BCUT2D eigenvalue weighted by atomic mass is 79.9. The third-order valence-electron chi connectivity index (χ3n) is 2.77. The Labute approximate surface area is 96.7 Å². The molecule has 15 heavy (non-hydrogen) atoms. The molecule has 0 spiro atoms. The molecule has 1 aliphatic rings. The van der Waals surface area contributed by atoms with Crippen LogP contribution in [0.2, 0.25) is 0 Å². The van der Waals surface area contributed by atoms with Crippen molar-refractivity contribution in [2.45, 2.75) is 24.8 Å². The molecule has 82 valence electrons. The maximum atomic E-state index is 13.6. The van der Waals surface area contributed by atoms with Gasteiger partial charge in [-0.05, 0) is 46.8 Å². The van der Waals surface area contributed by atoms with Gasteiger partial charge < -0.3 is 10.5 Å². The topological polar surface area (TPSA) is 35.2 Å². The van der Waals surface area contributed by atoms with Crippen LogP contribution in [-0.4, -0.2) is 12.6 Å². The van der Waals surface area contributed by atoms with Gasteiger partial charge in [0.15, 0.2) is 11.6 Å². The minimum absolute atomic E-state index is 0.131. The van der Waals surface area contributed by atoms with Crippen molar-refractivity contribution in [1.82, 2.24) is 0 Å². The number of nitrogens with two attached hydrogens (primary N) is 1. The molecule has 0 amide bonds. The molecular formula is C11H13BrFNO. The molecule has 2 rings (SSSR count). The molecule has 0 aromatic heterocycles. The van der Waals surface area contributed by atoms with E-state index in [0.29, 0.717) is 16.6 Å². The fourth-order valence-electron chi connectivity index (χ4n) is 1.65. The van der Waals surface area contributed by atoms with Crippen LogP contribution in [0.15, 0.2) is 16.6 Å². The average Bonchev–Trinajstić information content (AvgIpc) is 2.91. The summed E-state index contributed by atoms with van der Waals surface area (Å²) in [5.41, 5.74) is 6.71. The zero-order chi connectivity index (χ0) is 11.1. The van der Waals surface area contributed by atoms with Crippen LogP contribution in [0.3, 0.4) is 0 Å². The van der Waals surface area contributed by atoms with Crippen LogP contribution in [0.1, 0.15) is 18.4 Å². The molecule has 0 aliphatic heterocycles. The molecule has 1 saturated carbocycles. The van der Waals surface area contributed by atoms with Crippen LogP contribution in [0, 0.1) is 5.82 Å². The molecule has 4 heteroatoms. The standard InChI is InChI=1S/C11H13BrFNO/c1-15-10-7(6-11(14)4-5-11)2-3-8(12)9(10)13/h2-3H,4-6,14H2,1H3. The summed E-state index contributed by atoms with van der Waals surface area (Å²) in [6.45, 7) is 0. The first-order valence-corrected chi connectivity index (χ1v) is 5.65. The third-order valence-corrected chi connectivity index (χ3v) is 3.38. The number of ether oxygens (including phenoxy) is 1. The lowest BCUT2D eigenvalue weighted by Gasteiger charge is -2.13. The Bertz CT molecular complexity index is 390. The predicted octanol–water partition coefficient (Wildman–Crippen LogP) is 2.63. The van der Waals surface area contributed by atoms with E-state index in [1.165, 1.54) is 7.11 Å². The highest BCUT2D eigenvalue weighted by Crippen LogP contribution is 2.39. The minimum Gasteiger partial charge on any atom is -0.493 e. The molecule has 1 aromatic carbocycles. The summed E-state index contributed by atoms with van der Waals surface area (Å²) in [6.07, 6.45) is 2.70. The SMILES string of the molecule is COc1c(CC2(N)CC2)ccc(Br)c1F. The fourth-order valence-corrected chi connectivity index (χ4v) is 1.96. The number of hydrogen-bond donors (Lipinski definition) is 1. The van der Waals surface area contributed by atoms with Crippen LogP contribution in [0.25, 0.3) is 0 Å². The quantitative estimate of drug-likeness (QED) is 0.919. The van der Waals surface area contributed by atoms with Gasteiger partial charge in [-0.1, -0.05) is 6.07 Å². The lowest BCUT2D eigenvalue weighted by atomic mass is 10.0. The molecular weight excluding hydrogens is 261 g/mol. The van der Waals surface area contributed by atoms with Crippen molar-refractivity contribution >= 4 is 15.9 Å². The van der Waals surface area contributed by atoms with Gasteiger partial charge in [0.25, 0.3) is 0 Å². The van der Waals surface area contributed by atoms with Gasteiger partial charge in [0.2, 0.25) is 0 Å². The second-order valence-corrected chi connectivity index (χ2v) is 4.95. The Balaban J connectivity index is 2.34. The number of methoxy groups -OCH3 is 1. The Morgan fingerprint density at radius 3 is 2.73 bits per heavy atom. The molecule has 0 bridgehead atoms. The molecule has 1 aliphatic carbocycles. The summed E-state index contributed by atoms with van der Waals surface area (Å²) in [5.74, 6) is -0.0413. The summed E-state index contributed by atoms with van der Waals surface area (Å²) < 4.78 is 19.1. The van der Waals surface area contributed by atoms with Gasteiger partial charge in [-0.3, -0.25) is 0 Å². The van der Waals surface area contributed by atoms with Crippen molar-refractivity contribution < 1.29 is 9.13 Å². The van der Waals surface area contributed by atoms with E-state index in [1.807, 2.05) is 6.07 Å². The molecule has 0 atom stereocenters. The maximum Gasteiger partial charge on any atom is 0.179 e. The molecule has 1 fully saturated rings.